The summed E-state index contributed by atoms with van der Waals surface area (Å²) in [7, 11) is 0. The Balaban J connectivity index is 1.43. The number of phenols is 2. The maximum Gasteiger partial charge on any atom is 0.250 e. The largest absolute Gasteiger partial charge is 0.504 e. The molecule has 3 saturated heterocycles. The van der Waals surface area contributed by atoms with Crippen LogP contribution in [0.3, 0.4) is 0 Å². The summed E-state index contributed by atoms with van der Waals surface area (Å²) in [6, 6.07) is 8.87. The number of anilines is 1. The number of hydrogen-bond acceptors (Lipinski definition) is 7. The van der Waals surface area contributed by atoms with Crippen molar-refractivity contribution in [3.05, 3.63) is 52.5 Å². The predicted molar refractivity (Wildman–Crippen MR) is 125 cm³/mol. The fourth-order valence-corrected chi connectivity index (χ4v) is 6.30. The summed E-state index contributed by atoms with van der Waals surface area (Å²) in [6.45, 7) is 0.762. The molecular formula is C25H24ClN3O6. The van der Waals surface area contributed by atoms with Crippen LogP contribution in [-0.2, 0) is 31.1 Å². The molecule has 0 aliphatic carbocycles. The highest BCUT2D eigenvalue weighted by Crippen LogP contribution is 2.54. The molecule has 4 aliphatic rings. The molecule has 4 N–H and O–H groups in total. The first kappa shape index (κ1) is 22.3. The van der Waals surface area contributed by atoms with E-state index in [1.807, 2.05) is 0 Å². The smallest absolute Gasteiger partial charge is 0.250 e. The van der Waals surface area contributed by atoms with Crippen molar-refractivity contribution < 1.29 is 29.3 Å². The van der Waals surface area contributed by atoms with E-state index in [2.05, 4.69) is 10.6 Å². The molecule has 1 spiro atoms. The number of rotatable bonds is 4. The van der Waals surface area contributed by atoms with Crippen molar-refractivity contribution in [2.24, 2.45) is 11.8 Å². The van der Waals surface area contributed by atoms with Gasteiger partial charge in [0.1, 0.15) is 5.54 Å². The van der Waals surface area contributed by atoms with Gasteiger partial charge >= 0.3 is 0 Å². The summed E-state index contributed by atoms with van der Waals surface area (Å²) in [5.41, 5.74) is 0.288. The summed E-state index contributed by atoms with van der Waals surface area (Å²) >= 11 is 6.28. The summed E-state index contributed by atoms with van der Waals surface area (Å²) in [5, 5.41) is 26.3. The van der Waals surface area contributed by atoms with Crippen LogP contribution < -0.4 is 10.6 Å². The van der Waals surface area contributed by atoms with Gasteiger partial charge in [-0.3, -0.25) is 24.6 Å². The van der Waals surface area contributed by atoms with Crippen molar-refractivity contribution in [3.63, 3.8) is 0 Å². The number of ether oxygens (including phenoxy) is 1. The minimum atomic E-state index is -1.45. The van der Waals surface area contributed by atoms with Crippen molar-refractivity contribution in [1.82, 2.24) is 10.2 Å². The molecule has 35 heavy (non-hydrogen) atoms. The zero-order chi connectivity index (χ0) is 24.5. The molecule has 0 bridgehead atoms. The van der Waals surface area contributed by atoms with Crippen LogP contribution in [0.1, 0.15) is 24.0 Å². The summed E-state index contributed by atoms with van der Waals surface area (Å²) in [5.74, 6) is -3.42. The first-order chi connectivity index (χ1) is 16.8. The highest BCUT2D eigenvalue weighted by Gasteiger charge is 2.70. The van der Waals surface area contributed by atoms with Crippen LogP contribution in [0.5, 0.6) is 11.5 Å². The number of nitrogens with one attached hydrogen (secondary N) is 2. The molecule has 9 nitrogen and oxygen atoms in total. The van der Waals surface area contributed by atoms with E-state index >= 15 is 0 Å². The standard InChI is InChI=1S/C25H24ClN3O6/c26-13-4-5-16-15(10-13)25(24(34)27-16)21-20(17(28-25)8-12-3-6-18(30)19(31)9-12)22(32)29(23(21)33)11-14-2-1-7-35-14/h3-6,9-10,14,17,20-21,28,30-31H,1-2,7-8,11H2,(H,27,34)/t14-,17-,20-,21+,25+/m0/s1. The van der Waals surface area contributed by atoms with Crippen LogP contribution in [0, 0.1) is 11.8 Å². The number of imide groups is 1. The van der Waals surface area contributed by atoms with Crippen molar-refractivity contribution >= 4 is 35.0 Å². The molecule has 4 aliphatic heterocycles. The zero-order valence-corrected chi connectivity index (χ0v) is 19.4. The van der Waals surface area contributed by atoms with Gasteiger partial charge in [0.25, 0.3) is 0 Å². The number of carbonyl (C=O) groups is 3. The van der Waals surface area contributed by atoms with Crippen molar-refractivity contribution in [1.29, 1.82) is 0 Å². The quantitative estimate of drug-likeness (QED) is 0.375. The normalized spacial score (nSPS) is 31.3. The number of benzene rings is 2. The number of amides is 3. The van der Waals surface area contributed by atoms with Crippen LogP contribution in [0.25, 0.3) is 0 Å². The van der Waals surface area contributed by atoms with Gasteiger partial charge in [-0.25, -0.2) is 0 Å². The Labute approximate surface area is 206 Å². The number of likely N-dealkylation sites (tertiary alicyclic amines) is 1. The summed E-state index contributed by atoms with van der Waals surface area (Å²) < 4.78 is 5.68. The molecule has 0 saturated carbocycles. The fraction of sp³-hybridized carbons (Fsp3) is 0.400. The first-order valence-corrected chi connectivity index (χ1v) is 12.0. The SMILES string of the molecule is O=C1[C@H]2[C@H](Cc3ccc(O)c(O)c3)N[C@@]3(C(=O)Nc4ccc(Cl)cc43)[C@H]2C(=O)N1C[C@@H]1CCCO1. The molecule has 2 aromatic carbocycles. The number of halogens is 1. The number of hydrogen-bond donors (Lipinski definition) is 4. The van der Waals surface area contributed by atoms with Gasteiger partial charge < -0.3 is 20.3 Å². The van der Waals surface area contributed by atoms with Crippen molar-refractivity contribution in [2.75, 3.05) is 18.5 Å². The zero-order valence-electron chi connectivity index (χ0n) is 18.7. The Hall–Kier alpha value is -3.14. The Morgan fingerprint density at radius 1 is 1.09 bits per heavy atom. The molecule has 4 heterocycles. The maximum atomic E-state index is 13.8. The third kappa shape index (κ3) is 3.26. The monoisotopic (exact) mass is 497 g/mol. The van der Waals surface area contributed by atoms with Gasteiger partial charge in [-0.05, 0) is 55.2 Å². The first-order valence-electron chi connectivity index (χ1n) is 11.7. The third-order valence-corrected chi connectivity index (χ3v) is 7.91. The second kappa shape index (κ2) is 7.94. The Kier molecular flexibility index (Phi) is 5.07. The summed E-state index contributed by atoms with van der Waals surface area (Å²) in [4.78, 5) is 42.3. The van der Waals surface area contributed by atoms with E-state index in [-0.39, 0.29) is 36.5 Å². The van der Waals surface area contributed by atoms with E-state index < -0.39 is 35.2 Å². The van der Waals surface area contributed by atoms with Gasteiger partial charge in [0.05, 0.1) is 24.5 Å². The number of carbonyl (C=O) groups excluding carboxylic acids is 3. The lowest BCUT2D eigenvalue weighted by Crippen LogP contribution is -2.54. The van der Waals surface area contributed by atoms with Gasteiger partial charge in [0.15, 0.2) is 11.5 Å². The van der Waals surface area contributed by atoms with Gasteiger partial charge in [-0.2, -0.15) is 0 Å². The molecule has 0 aromatic heterocycles. The second-order valence-electron chi connectivity index (χ2n) is 9.66. The van der Waals surface area contributed by atoms with Gasteiger partial charge in [-0.1, -0.05) is 17.7 Å². The molecule has 5 atom stereocenters. The Bertz CT molecular complexity index is 1260. The van der Waals surface area contributed by atoms with Crippen LogP contribution in [-0.4, -0.2) is 58.1 Å². The minimum absolute atomic E-state index is 0.164. The predicted octanol–water partition coefficient (Wildman–Crippen LogP) is 1.89. The van der Waals surface area contributed by atoms with Crippen molar-refractivity contribution in [2.45, 2.75) is 36.9 Å². The van der Waals surface area contributed by atoms with E-state index in [1.54, 1.807) is 24.3 Å². The lowest BCUT2D eigenvalue weighted by Gasteiger charge is -2.30. The van der Waals surface area contributed by atoms with E-state index in [9.17, 15) is 24.6 Å². The lowest BCUT2D eigenvalue weighted by molar-refractivity contribution is -0.144. The number of nitrogens with zero attached hydrogens (tertiary/aromatic N) is 1. The average Bonchev–Trinajstić information content (AvgIpc) is 3.56. The summed E-state index contributed by atoms with van der Waals surface area (Å²) in [6.07, 6.45) is 1.69. The van der Waals surface area contributed by atoms with Gasteiger partial charge in [0.2, 0.25) is 17.7 Å². The van der Waals surface area contributed by atoms with Crippen LogP contribution in [0.15, 0.2) is 36.4 Å². The Morgan fingerprint density at radius 3 is 2.66 bits per heavy atom. The van der Waals surface area contributed by atoms with E-state index in [4.69, 9.17) is 16.3 Å². The maximum absolute atomic E-state index is 13.8. The molecule has 3 fully saturated rings. The van der Waals surface area contributed by atoms with Crippen LogP contribution in [0.2, 0.25) is 5.02 Å². The molecule has 0 unspecified atom stereocenters. The lowest BCUT2D eigenvalue weighted by atomic mass is 9.76. The molecule has 6 rings (SSSR count). The molecule has 0 radical (unpaired) electrons. The molecule has 2 aromatic rings. The number of fused-ring (bicyclic) bond motifs is 4. The highest BCUT2D eigenvalue weighted by molar-refractivity contribution is 6.31. The van der Waals surface area contributed by atoms with Crippen molar-refractivity contribution in [3.8, 4) is 11.5 Å². The second-order valence-corrected chi connectivity index (χ2v) is 10.1. The van der Waals surface area contributed by atoms with E-state index in [1.165, 1.54) is 17.0 Å². The van der Waals surface area contributed by atoms with Crippen LogP contribution in [0.4, 0.5) is 5.69 Å². The fourth-order valence-electron chi connectivity index (χ4n) is 6.13. The average molecular weight is 498 g/mol. The molecular weight excluding hydrogens is 474 g/mol. The van der Waals surface area contributed by atoms with E-state index in [0.29, 0.717) is 28.4 Å². The topological polar surface area (TPSA) is 128 Å². The van der Waals surface area contributed by atoms with Gasteiger partial charge in [0, 0.05) is 28.9 Å². The molecule has 182 valence electrons. The van der Waals surface area contributed by atoms with E-state index in [0.717, 1.165) is 12.8 Å². The van der Waals surface area contributed by atoms with Gasteiger partial charge in [-0.15, -0.1) is 0 Å². The molecule has 10 heteroatoms. The number of phenolic OH excluding ortho intramolecular Hbond substituents is 2. The van der Waals surface area contributed by atoms with Crippen LogP contribution >= 0.6 is 11.6 Å². The minimum Gasteiger partial charge on any atom is -0.504 e. The Morgan fingerprint density at radius 2 is 1.91 bits per heavy atom. The third-order valence-electron chi connectivity index (χ3n) is 7.67. The number of aromatic hydroxyl groups is 2. The molecule has 3 amide bonds. The highest BCUT2D eigenvalue weighted by atomic mass is 35.5.